The van der Waals surface area contributed by atoms with Gasteiger partial charge in [0.1, 0.15) is 0 Å². The first kappa shape index (κ1) is 16.2. The molecule has 5 heteroatoms. The normalized spacial score (nSPS) is 33.8. The van der Waals surface area contributed by atoms with E-state index in [0.29, 0.717) is 12.0 Å². The minimum atomic E-state index is -3.00. The number of hydrogen-bond acceptors (Lipinski definition) is 3. The Hall–Kier alpha value is -0.130. The lowest BCUT2D eigenvalue weighted by Crippen LogP contribution is -2.40. The van der Waals surface area contributed by atoms with Crippen molar-refractivity contribution in [3.63, 3.8) is 0 Å². The van der Waals surface area contributed by atoms with E-state index in [9.17, 15) is 8.42 Å². The Bertz CT molecular complexity index is 397. The Morgan fingerprint density at radius 3 is 2.50 bits per heavy atom. The predicted octanol–water partition coefficient (Wildman–Crippen LogP) is 2.22. The molecule has 1 heterocycles. The largest absolute Gasteiger partial charge is 0.317 e. The van der Waals surface area contributed by atoms with Gasteiger partial charge >= 0.3 is 0 Å². The van der Waals surface area contributed by atoms with Gasteiger partial charge < -0.3 is 5.32 Å². The SMILES string of the molecule is CNC1CCCCC(CC2CCCN(S(C)(=O)=O)C2)C1. The zero-order chi connectivity index (χ0) is 14.6. The summed E-state index contributed by atoms with van der Waals surface area (Å²) in [5, 5.41) is 3.44. The van der Waals surface area contributed by atoms with Gasteiger partial charge in [-0.2, -0.15) is 0 Å². The number of sulfonamides is 1. The van der Waals surface area contributed by atoms with Gasteiger partial charge in [0.2, 0.25) is 10.0 Å². The van der Waals surface area contributed by atoms with Crippen LogP contribution in [0.3, 0.4) is 0 Å². The van der Waals surface area contributed by atoms with Crippen LogP contribution >= 0.6 is 0 Å². The minimum absolute atomic E-state index is 0.569. The Morgan fingerprint density at radius 2 is 1.80 bits per heavy atom. The molecule has 3 atom stereocenters. The Labute approximate surface area is 124 Å². The topological polar surface area (TPSA) is 49.4 Å². The molecule has 3 unspecified atom stereocenters. The summed E-state index contributed by atoms with van der Waals surface area (Å²) in [6.07, 6.45) is 11.4. The molecule has 1 aliphatic carbocycles. The van der Waals surface area contributed by atoms with Crippen LogP contribution < -0.4 is 5.32 Å². The molecule has 1 saturated carbocycles. The lowest BCUT2D eigenvalue weighted by molar-refractivity contribution is 0.218. The molecule has 118 valence electrons. The number of nitrogens with one attached hydrogen (secondary N) is 1. The molecule has 4 nitrogen and oxygen atoms in total. The fraction of sp³-hybridized carbons (Fsp3) is 1.00. The van der Waals surface area contributed by atoms with Crippen LogP contribution in [0.2, 0.25) is 0 Å². The van der Waals surface area contributed by atoms with Gasteiger partial charge in [0.05, 0.1) is 6.26 Å². The highest BCUT2D eigenvalue weighted by atomic mass is 32.2. The molecule has 2 rings (SSSR count). The molecule has 1 saturated heterocycles. The molecular formula is C15H30N2O2S. The third-order valence-corrected chi connectivity index (χ3v) is 6.33. The van der Waals surface area contributed by atoms with Gasteiger partial charge in [0.15, 0.2) is 0 Å². The summed E-state index contributed by atoms with van der Waals surface area (Å²) in [5.74, 6) is 1.35. The van der Waals surface area contributed by atoms with Gasteiger partial charge in [-0.1, -0.05) is 19.3 Å². The zero-order valence-corrected chi connectivity index (χ0v) is 13.8. The van der Waals surface area contributed by atoms with Crippen molar-refractivity contribution < 1.29 is 8.42 Å². The molecule has 2 fully saturated rings. The molecule has 2 aliphatic rings. The summed E-state index contributed by atoms with van der Waals surface area (Å²) in [6.45, 7) is 1.47. The Balaban J connectivity index is 1.88. The molecular weight excluding hydrogens is 272 g/mol. The quantitative estimate of drug-likeness (QED) is 0.810. The van der Waals surface area contributed by atoms with Crippen molar-refractivity contribution in [2.45, 2.75) is 57.4 Å². The first-order chi connectivity index (χ1) is 9.49. The van der Waals surface area contributed by atoms with Crippen molar-refractivity contribution in [1.82, 2.24) is 9.62 Å². The number of rotatable bonds is 4. The molecule has 0 spiro atoms. The third-order valence-electron chi connectivity index (χ3n) is 5.06. The second kappa shape index (κ2) is 7.23. The van der Waals surface area contributed by atoms with Crippen molar-refractivity contribution in [1.29, 1.82) is 0 Å². The highest BCUT2D eigenvalue weighted by Crippen LogP contribution is 2.32. The highest BCUT2D eigenvalue weighted by molar-refractivity contribution is 7.88. The lowest BCUT2D eigenvalue weighted by atomic mass is 9.84. The Morgan fingerprint density at radius 1 is 1.10 bits per heavy atom. The molecule has 1 N–H and O–H groups in total. The van der Waals surface area contributed by atoms with Crippen LogP contribution in [0.1, 0.15) is 51.4 Å². The van der Waals surface area contributed by atoms with E-state index in [2.05, 4.69) is 12.4 Å². The number of hydrogen-bond donors (Lipinski definition) is 1. The summed E-state index contributed by atoms with van der Waals surface area (Å²) >= 11 is 0. The summed E-state index contributed by atoms with van der Waals surface area (Å²) in [4.78, 5) is 0. The van der Waals surface area contributed by atoms with Crippen molar-refractivity contribution in [2.75, 3.05) is 26.4 Å². The van der Waals surface area contributed by atoms with E-state index in [0.717, 1.165) is 25.4 Å². The molecule has 0 bridgehead atoms. The molecule has 0 amide bonds. The first-order valence-electron chi connectivity index (χ1n) is 8.11. The molecule has 0 aromatic carbocycles. The molecule has 0 aromatic rings. The zero-order valence-electron chi connectivity index (χ0n) is 13.0. The standard InChI is InChI=1S/C15H30N2O2S/c1-16-15-8-4-3-6-13(11-15)10-14-7-5-9-17(12-14)20(2,18)19/h13-16H,3-12H2,1-2H3. The van der Waals surface area contributed by atoms with Crippen molar-refractivity contribution in [2.24, 2.45) is 11.8 Å². The van der Waals surface area contributed by atoms with Crippen molar-refractivity contribution in [3.8, 4) is 0 Å². The van der Waals surface area contributed by atoms with Gasteiger partial charge in [0, 0.05) is 19.1 Å². The van der Waals surface area contributed by atoms with E-state index in [4.69, 9.17) is 0 Å². The van der Waals surface area contributed by atoms with Crippen LogP contribution in [0.5, 0.6) is 0 Å². The van der Waals surface area contributed by atoms with Gasteiger partial charge in [0.25, 0.3) is 0 Å². The van der Waals surface area contributed by atoms with Gasteiger partial charge in [-0.3, -0.25) is 0 Å². The first-order valence-corrected chi connectivity index (χ1v) is 9.96. The fourth-order valence-electron chi connectivity index (χ4n) is 3.93. The maximum atomic E-state index is 11.7. The van der Waals surface area contributed by atoms with E-state index in [1.165, 1.54) is 51.2 Å². The monoisotopic (exact) mass is 302 g/mol. The predicted molar refractivity (Wildman–Crippen MR) is 83.2 cm³/mol. The smallest absolute Gasteiger partial charge is 0.211 e. The van der Waals surface area contributed by atoms with E-state index in [-0.39, 0.29) is 0 Å². The average molecular weight is 302 g/mol. The molecule has 0 radical (unpaired) electrons. The summed E-state index contributed by atoms with van der Waals surface area (Å²) in [5.41, 5.74) is 0. The maximum absolute atomic E-state index is 11.7. The highest BCUT2D eigenvalue weighted by Gasteiger charge is 2.28. The van der Waals surface area contributed by atoms with Crippen molar-refractivity contribution in [3.05, 3.63) is 0 Å². The third kappa shape index (κ3) is 4.71. The average Bonchev–Trinajstić information content (AvgIpc) is 2.63. The van der Waals surface area contributed by atoms with Crippen LogP contribution in [0.25, 0.3) is 0 Å². The lowest BCUT2D eigenvalue weighted by Gasteiger charge is -2.33. The second-order valence-corrected chi connectivity index (χ2v) is 8.72. The second-order valence-electron chi connectivity index (χ2n) is 6.74. The van der Waals surface area contributed by atoms with Crippen LogP contribution in [0.4, 0.5) is 0 Å². The van der Waals surface area contributed by atoms with Gasteiger partial charge in [-0.05, 0) is 51.0 Å². The minimum Gasteiger partial charge on any atom is -0.317 e. The molecule has 1 aliphatic heterocycles. The van der Waals surface area contributed by atoms with Crippen LogP contribution in [0.15, 0.2) is 0 Å². The molecule has 0 aromatic heterocycles. The summed E-state index contributed by atoms with van der Waals surface area (Å²) < 4.78 is 25.1. The summed E-state index contributed by atoms with van der Waals surface area (Å²) in [6, 6.07) is 0.664. The van der Waals surface area contributed by atoms with E-state index >= 15 is 0 Å². The molecule has 20 heavy (non-hydrogen) atoms. The van der Waals surface area contributed by atoms with Crippen LogP contribution in [-0.2, 0) is 10.0 Å². The van der Waals surface area contributed by atoms with Crippen molar-refractivity contribution >= 4 is 10.0 Å². The van der Waals surface area contributed by atoms with Gasteiger partial charge in [-0.15, -0.1) is 0 Å². The van der Waals surface area contributed by atoms with Crippen LogP contribution in [-0.4, -0.2) is 45.2 Å². The van der Waals surface area contributed by atoms with Crippen LogP contribution in [0, 0.1) is 11.8 Å². The maximum Gasteiger partial charge on any atom is 0.211 e. The van der Waals surface area contributed by atoms with E-state index in [1.54, 1.807) is 4.31 Å². The van der Waals surface area contributed by atoms with E-state index < -0.39 is 10.0 Å². The fourth-order valence-corrected chi connectivity index (χ4v) is 4.87. The van der Waals surface area contributed by atoms with Gasteiger partial charge in [-0.25, -0.2) is 12.7 Å². The number of piperidine rings is 1. The number of nitrogens with zero attached hydrogens (tertiary/aromatic N) is 1. The summed E-state index contributed by atoms with van der Waals surface area (Å²) in [7, 11) is -0.933. The van der Waals surface area contributed by atoms with E-state index in [1.807, 2.05) is 0 Å². The Kier molecular flexibility index (Phi) is 5.87.